The average molecular weight is 248 g/mol. The summed E-state index contributed by atoms with van der Waals surface area (Å²) in [6, 6.07) is 6.64. The molecule has 0 spiro atoms. The fourth-order valence-electron chi connectivity index (χ4n) is 2.73. The predicted octanol–water partition coefficient (Wildman–Crippen LogP) is 2.20. The molecule has 1 N–H and O–H groups in total. The molecule has 0 bridgehead atoms. The molecule has 18 heavy (non-hydrogen) atoms. The van der Waals surface area contributed by atoms with Crippen molar-refractivity contribution < 1.29 is 9.18 Å². The molecule has 1 saturated carbocycles. The Bertz CT molecular complexity index is 473. The lowest BCUT2D eigenvalue weighted by Gasteiger charge is -2.38. The lowest BCUT2D eigenvalue weighted by atomic mass is 9.90. The van der Waals surface area contributed by atoms with E-state index in [1.165, 1.54) is 18.6 Å². The van der Waals surface area contributed by atoms with Gasteiger partial charge in [-0.1, -0.05) is 12.1 Å². The van der Waals surface area contributed by atoms with Crippen molar-refractivity contribution in [1.82, 2.24) is 10.2 Å². The quantitative estimate of drug-likeness (QED) is 0.870. The summed E-state index contributed by atoms with van der Waals surface area (Å²) in [4.78, 5) is 14.1. The molecule has 2 aliphatic rings. The van der Waals surface area contributed by atoms with Crippen LogP contribution in [0.4, 0.5) is 4.39 Å². The molecule has 1 aliphatic carbocycles. The number of benzene rings is 1. The van der Waals surface area contributed by atoms with Crippen LogP contribution in [0, 0.1) is 5.82 Å². The Hall–Kier alpha value is -1.42. The van der Waals surface area contributed by atoms with Crippen LogP contribution in [0.1, 0.15) is 37.9 Å². The third kappa shape index (κ3) is 1.81. The molecular formula is C14H17FN2O. The van der Waals surface area contributed by atoms with Gasteiger partial charge in [-0.15, -0.1) is 0 Å². The van der Waals surface area contributed by atoms with Crippen molar-refractivity contribution in [3.63, 3.8) is 0 Å². The molecule has 2 unspecified atom stereocenters. The van der Waals surface area contributed by atoms with E-state index in [-0.39, 0.29) is 23.9 Å². The van der Waals surface area contributed by atoms with E-state index in [9.17, 15) is 9.18 Å². The highest BCUT2D eigenvalue weighted by Gasteiger charge is 2.42. The number of nitrogens with zero attached hydrogens (tertiary/aromatic N) is 1. The zero-order valence-electron chi connectivity index (χ0n) is 10.4. The van der Waals surface area contributed by atoms with Gasteiger partial charge in [0, 0.05) is 6.04 Å². The monoisotopic (exact) mass is 248 g/mol. The van der Waals surface area contributed by atoms with Crippen molar-refractivity contribution in [3.8, 4) is 0 Å². The summed E-state index contributed by atoms with van der Waals surface area (Å²) in [5.74, 6) is -0.121. The van der Waals surface area contributed by atoms with Crippen LogP contribution in [0.25, 0.3) is 0 Å². The van der Waals surface area contributed by atoms with Gasteiger partial charge in [0.15, 0.2) is 0 Å². The largest absolute Gasteiger partial charge is 0.319 e. The van der Waals surface area contributed by atoms with Gasteiger partial charge in [0.25, 0.3) is 0 Å². The molecule has 2 fully saturated rings. The first-order valence-corrected chi connectivity index (χ1v) is 6.50. The van der Waals surface area contributed by atoms with Crippen LogP contribution in [0.3, 0.4) is 0 Å². The van der Waals surface area contributed by atoms with E-state index in [1.807, 2.05) is 17.9 Å². The van der Waals surface area contributed by atoms with Gasteiger partial charge in [0.2, 0.25) is 5.91 Å². The number of rotatable bonds is 2. The first-order chi connectivity index (χ1) is 8.66. The maximum absolute atomic E-state index is 13.3. The fraction of sp³-hybridized carbons (Fsp3) is 0.500. The zero-order valence-corrected chi connectivity index (χ0v) is 10.4. The summed E-state index contributed by atoms with van der Waals surface area (Å²) in [5, 5.41) is 3.26. The Morgan fingerprint density at radius 1 is 1.39 bits per heavy atom. The van der Waals surface area contributed by atoms with Crippen molar-refractivity contribution >= 4 is 5.91 Å². The maximum Gasteiger partial charge on any atom is 0.241 e. The van der Waals surface area contributed by atoms with Crippen LogP contribution in [-0.2, 0) is 4.79 Å². The van der Waals surface area contributed by atoms with Gasteiger partial charge in [-0.2, -0.15) is 0 Å². The number of hydrogen-bond donors (Lipinski definition) is 1. The number of hydrogen-bond acceptors (Lipinski definition) is 2. The van der Waals surface area contributed by atoms with E-state index in [0.29, 0.717) is 6.04 Å². The topological polar surface area (TPSA) is 32.3 Å². The number of halogens is 1. The fourth-order valence-corrected chi connectivity index (χ4v) is 2.73. The van der Waals surface area contributed by atoms with Gasteiger partial charge in [-0.3, -0.25) is 10.1 Å². The summed E-state index contributed by atoms with van der Waals surface area (Å²) < 4.78 is 13.3. The highest BCUT2D eigenvalue weighted by molar-refractivity contribution is 5.84. The lowest BCUT2D eigenvalue weighted by Crippen LogP contribution is -2.43. The molecule has 96 valence electrons. The van der Waals surface area contributed by atoms with Crippen molar-refractivity contribution in [2.24, 2.45) is 0 Å². The van der Waals surface area contributed by atoms with Crippen LogP contribution in [0.2, 0.25) is 0 Å². The number of carbonyl (C=O) groups excluding carboxylic acids is 1. The highest BCUT2D eigenvalue weighted by atomic mass is 19.1. The summed E-state index contributed by atoms with van der Waals surface area (Å²) in [6.07, 6.45) is 3.13. The third-order valence-corrected chi connectivity index (χ3v) is 3.94. The second-order valence-electron chi connectivity index (χ2n) is 5.18. The zero-order chi connectivity index (χ0) is 12.7. The Balaban J connectivity index is 1.91. The Morgan fingerprint density at radius 2 is 2.17 bits per heavy atom. The lowest BCUT2D eigenvalue weighted by molar-refractivity contribution is -0.133. The molecular weight excluding hydrogens is 231 g/mol. The predicted molar refractivity (Wildman–Crippen MR) is 66.2 cm³/mol. The normalized spacial score (nSPS) is 28.6. The molecule has 3 rings (SSSR count). The summed E-state index contributed by atoms with van der Waals surface area (Å²) in [6.45, 7) is 1.87. The molecule has 4 heteroatoms. The average Bonchev–Trinajstić information content (AvgIpc) is 2.56. The summed E-state index contributed by atoms with van der Waals surface area (Å²) in [5.41, 5.74) is 0.833. The van der Waals surface area contributed by atoms with E-state index >= 15 is 0 Å². The Kier molecular flexibility index (Phi) is 2.82. The van der Waals surface area contributed by atoms with Crippen LogP contribution < -0.4 is 5.32 Å². The number of nitrogens with one attached hydrogen (secondary N) is 1. The number of carbonyl (C=O) groups is 1. The van der Waals surface area contributed by atoms with E-state index < -0.39 is 0 Å². The van der Waals surface area contributed by atoms with Gasteiger partial charge in [-0.05, 0) is 43.9 Å². The second kappa shape index (κ2) is 4.35. The SMILES string of the molecule is CC1NC(c2cccc(F)c2)N(C2CCC2)C1=O. The van der Waals surface area contributed by atoms with Crippen LogP contribution in [0.5, 0.6) is 0 Å². The van der Waals surface area contributed by atoms with E-state index in [1.54, 1.807) is 6.07 Å². The Morgan fingerprint density at radius 3 is 2.78 bits per heavy atom. The molecule has 1 aromatic rings. The number of amides is 1. The van der Waals surface area contributed by atoms with Gasteiger partial charge >= 0.3 is 0 Å². The molecule has 0 aromatic heterocycles. The molecule has 1 heterocycles. The molecule has 1 aliphatic heterocycles. The maximum atomic E-state index is 13.3. The molecule has 1 saturated heterocycles. The van der Waals surface area contributed by atoms with E-state index in [2.05, 4.69) is 5.32 Å². The van der Waals surface area contributed by atoms with Gasteiger partial charge < -0.3 is 4.90 Å². The van der Waals surface area contributed by atoms with Gasteiger partial charge in [0.05, 0.1) is 6.04 Å². The molecule has 1 aromatic carbocycles. The van der Waals surface area contributed by atoms with Crippen molar-refractivity contribution in [1.29, 1.82) is 0 Å². The minimum Gasteiger partial charge on any atom is -0.319 e. The molecule has 3 nitrogen and oxygen atoms in total. The van der Waals surface area contributed by atoms with Crippen molar-refractivity contribution in [2.45, 2.75) is 44.4 Å². The summed E-state index contributed by atoms with van der Waals surface area (Å²) in [7, 11) is 0. The summed E-state index contributed by atoms with van der Waals surface area (Å²) >= 11 is 0. The minimum absolute atomic E-state index is 0.133. The first-order valence-electron chi connectivity index (χ1n) is 6.50. The third-order valence-electron chi connectivity index (χ3n) is 3.94. The molecule has 0 radical (unpaired) electrons. The van der Waals surface area contributed by atoms with Crippen LogP contribution in [0.15, 0.2) is 24.3 Å². The van der Waals surface area contributed by atoms with Gasteiger partial charge in [0.1, 0.15) is 12.0 Å². The van der Waals surface area contributed by atoms with Crippen molar-refractivity contribution in [2.75, 3.05) is 0 Å². The second-order valence-corrected chi connectivity index (χ2v) is 5.18. The molecule has 1 amide bonds. The van der Waals surface area contributed by atoms with E-state index in [0.717, 1.165) is 18.4 Å². The highest BCUT2D eigenvalue weighted by Crippen LogP contribution is 2.35. The smallest absolute Gasteiger partial charge is 0.241 e. The van der Waals surface area contributed by atoms with Crippen LogP contribution >= 0.6 is 0 Å². The van der Waals surface area contributed by atoms with E-state index in [4.69, 9.17) is 0 Å². The minimum atomic E-state index is -0.255. The van der Waals surface area contributed by atoms with Crippen LogP contribution in [-0.4, -0.2) is 22.9 Å². The van der Waals surface area contributed by atoms with Crippen molar-refractivity contribution in [3.05, 3.63) is 35.6 Å². The molecule has 2 atom stereocenters. The standard InChI is InChI=1S/C14H17FN2O/c1-9-14(18)17(12-6-3-7-12)13(16-9)10-4-2-5-11(15)8-10/h2,4-5,8-9,12-13,16H,3,6-7H2,1H3. The Labute approximate surface area is 106 Å². The van der Waals surface area contributed by atoms with Gasteiger partial charge in [-0.25, -0.2) is 4.39 Å². The first kappa shape index (κ1) is 11.7.